The Bertz CT molecular complexity index is 997. The predicted octanol–water partition coefficient (Wildman–Crippen LogP) is 4.24. The van der Waals surface area contributed by atoms with E-state index in [1.165, 1.54) is 29.7 Å². The number of aromatic nitrogens is 3. The Morgan fingerprint density at radius 2 is 1.97 bits per heavy atom. The van der Waals surface area contributed by atoms with Crippen molar-refractivity contribution in [2.24, 2.45) is 5.92 Å². The van der Waals surface area contributed by atoms with Gasteiger partial charge >= 0.3 is 0 Å². The summed E-state index contributed by atoms with van der Waals surface area (Å²) in [6.07, 6.45) is 4.32. The zero-order chi connectivity index (χ0) is 20.4. The average molecular weight is 398 g/mol. The van der Waals surface area contributed by atoms with Crippen LogP contribution in [0.5, 0.6) is 5.88 Å². The van der Waals surface area contributed by atoms with Crippen LogP contribution in [0.1, 0.15) is 35.4 Å². The summed E-state index contributed by atoms with van der Waals surface area (Å²) in [5, 5.41) is 7.81. The monoisotopic (exact) mass is 398 g/mol. The molecule has 0 unspecified atom stereocenters. The summed E-state index contributed by atoms with van der Waals surface area (Å²) < 4.78 is 34.5. The van der Waals surface area contributed by atoms with Crippen molar-refractivity contribution < 1.29 is 13.5 Å². The summed E-state index contributed by atoms with van der Waals surface area (Å²) >= 11 is 0. The summed E-state index contributed by atoms with van der Waals surface area (Å²) in [6, 6.07) is 7.40. The van der Waals surface area contributed by atoms with Crippen molar-refractivity contribution in [3.05, 3.63) is 70.7 Å². The molecule has 152 valence electrons. The van der Waals surface area contributed by atoms with Crippen LogP contribution >= 0.6 is 0 Å². The summed E-state index contributed by atoms with van der Waals surface area (Å²) in [5.41, 5.74) is 3.91. The van der Waals surface area contributed by atoms with Gasteiger partial charge in [-0.2, -0.15) is 5.10 Å². The Morgan fingerprint density at radius 1 is 1.14 bits per heavy atom. The lowest BCUT2D eigenvalue weighted by molar-refractivity contribution is 0.288. The number of hydrogen-bond acceptors (Lipinski definition) is 4. The number of halogens is 2. The van der Waals surface area contributed by atoms with E-state index in [9.17, 15) is 8.78 Å². The van der Waals surface area contributed by atoms with E-state index in [0.29, 0.717) is 24.9 Å². The van der Waals surface area contributed by atoms with Crippen LogP contribution in [-0.4, -0.2) is 21.4 Å². The fourth-order valence-corrected chi connectivity index (χ4v) is 3.24. The van der Waals surface area contributed by atoms with Gasteiger partial charge in [0, 0.05) is 42.7 Å². The first-order valence-corrected chi connectivity index (χ1v) is 9.80. The van der Waals surface area contributed by atoms with E-state index < -0.39 is 11.6 Å². The van der Waals surface area contributed by atoms with Crippen molar-refractivity contribution in [3.8, 4) is 11.6 Å². The predicted molar refractivity (Wildman–Crippen MR) is 106 cm³/mol. The molecule has 0 saturated heterocycles. The molecule has 1 aliphatic rings. The van der Waals surface area contributed by atoms with E-state index in [1.54, 1.807) is 0 Å². The smallest absolute Gasteiger partial charge is 0.213 e. The minimum atomic E-state index is -0.634. The molecule has 3 aromatic rings. The molecule has 0 radical (unpaired) electrons. The fraction of sp³-hybridized carbons (Fsp3) is 0.364. The van der Waals surface area contributed by atoms with E-state index in [1.807, 2.05) is 32.2 Å². The molecule has 5 nitrogen and oxygen atoms in total. The molecular formula is C22H24F2N4O. The second-order valence-corrected chi connectivity index (χ2v) is 7.52. The zero-order valence-electron chi connectivity index (χ0n) is 16.6. The van der Waals surface area contributed by atoms with Crippen LogP contribution in [0.25, 0.3) is 5.69 Å². The lowest BCUT2D eigenvalue weighted by atomic mass is 10.2. The van der Waals surface area contributed by atoms with Crippen LogP contribution in [0.15, 0.2) is 36.5 Å². The standard InChI is InChI=1S/C22H24F2N4O/c1-14-19(15(2)28(27-14)21-7-6-18(23)9-20(21)24)12-25-10-17-5-8-22(26-11-17)29-13-16-3-4-16/h5-9,11,16,25H,3-4,10,12-13H2,1-2H3. The number of rotatable bonds is 8. The molecule has 0 aliphatic heterocycles. The van der Waals surface area contributed by atoms with Gasteiger partial charge in [0.1, 0.15) is 11.5 Å². The minimum absolute atomic E-state index is 0.240. The van der Waals surface area contributed by atoms with Crippen molar-refractivity contribution in [1.29, 1.82) is 0 Å². The van der Waals surface area contributed by atoms with E-state index in [4.69, 9.17) is 4.74 Å². The van der Waals surface area contributed by atoms with Crippen LogP contribution in [0.3, 0.4) is 0 Å². The molecule has 1 saturated carbocycles. The van der Waals surface area contributed by atoms with Gasteiger partial charge in [0.05, 0.1) is 12.3 Å². The Balaban J connectivity index is 1.37. The lowest BCUT2D eigenvalue weighted by Crippen LogP contribution is -2.14. The molecule has 4 rings (SSSR count). The second-order valence-electron chi connectivity index (χ2n) is 7.52. The lowest BCUT2D eigenvalue weighted by Gasteiger charge is -2.08. The third kappa shape index (κ3) is 4.62. The highest BCUT2D eigenvalue weighted by atomic mass is 19.1. The third-order valence-corrected chi connectivity index (χ3v) is 5.17. The molecule has 7 heteroatoms. The van der Waals surface area contributed by atoms with Crippen LogP contribution in [0, 0.1) is 31.4 Å². The SMILES string of the molecule is Cc1nn(-c2ccc(F)cc2F)c(C)c1CNCc1ccc(OCC2CC2)nc1. The molecule has 0 bridgehead atoms. The first-order chi connectivity index (χ1) is 14.0. The van der Waals surface area contributed by atoms with Gasteiger partial charge < -0.3 is 10.1 Å². The highest BCUT2D eigenvalue weighted by Crippen LogP contribution is 2.29. The van der Waals surface area contributed by atoms with Crippen LogP contribution in [-0.2, 0) is 13.1 Å². The van der Waals surface area contributed by atoms with Crippen molar-refractivity contribution in [2.75, 3.05) is 6.61 Å². The molecule has 0 atom stereocenters. The highest BCUT2D eigenvalue weighted by molar-refractivity contribution is 5.38. The molecule has 1 fully saturated rings. The Morgan fingerprint density at radius 3 is 2.66 bits per heavy atom. The molecule has 2 heterocycles. The first kappa shape index (κ1) is 19.5. The summed E-state index contributed by atoms with van der Waals surface area (Å²) in [4.78, 5) is 4.35. The van der Waals surface area contributed by atoms with Gasteiger partial charge in [-0.3, -0.25) is 0 Å². The number of aryl methyl sites for hydroxylation is 1. The number of pyridine rings is 1. The third-order valence-electron chi connectivity index (χ3n) is 5.17. The Kier molecular flexibility index (Phi) is 5.58. The fourth-order valence-electron chi connectivity index (χ4n) is 3.24. The van der Waals surface area contributed by atoms with Crippen LogP contribution < -0.4 is 10.1 Å². The van der Waals surface area contributed by atoms with Gasteiger partial charge in [0.2, 0.25) is 5.88 Å². The number of hydrogen-bond donors (Lipinski definition) is 1. The van der Waals surface area contributed by atoms with Gasteiger partial charge in [-0.1, -0.05) is 6.07 Å². The molecule has 29 heavy (non-hydrogen) atoms. The van der Waals surface area contributed by atoms with Crippen LogP contribution in [0.4, 0.5) is 8.78 Å². The van der Waals surface area contributed by atoms with Crippen molar-refractivity contribution in [3.63, 3.8) is 0 Å². The van der Waals surface area contributed by atoms with E-state index >= 15 is 0 Å². The number of benzene rings is 1. The maximum atomic E-state index is 14.1. The number of nitrogens with zero attached hydrogens (tertiary/aromatic N) is 3. The molecule has 1 aliphatic carbocycles. The van der Waals surface area contributed by atoms with E-state index in [-0.39, 0.29) is 5.69 Å². The quantitative estimate of drug-likeness (QED) is 0.617. The first-order valence-electron chi connectivity index (χ1n) is 9.80. The van der Waals surface area contributed by atoms with Crippen LogP contribution in [0.2, 0.25) is 0 Å². The Hall–Kier alpha value is -2.80. The number of nitrogens with one attached hydrogen (secondary N) is 1. The Labute approximate surface area is 168 Å². The average Bonchev–Trinajstić information content (AvgIpc) is 3.49. The zero-order valence-corrected chi connectivity index (χ0v) is 16.6. The van der Waals surface area contributed by atoms with Gasteiger partial charge in [-0.05, 0) is 50.3 Å². The summed E-state index contributed by atoms with van der Waals surface area (Å²) in [5.74, 6) is 0.126. The topological polar surface area (TPSA) is 52.0 Å². The van der Waals surface area contributed by atoms with Crippen molar-refractivity contribution in [1.82, 2.24) is 20.1 Å². The van der Waals surface area contributed by atoms with Crippen molar-refractivity contribution >= 4 is 0 Å². The molecule has 1 N–H and O–H groups in total. The van der Waals surface area contributed by atoms with Gasteiger partial charge in [-0.25, -0.2) is 18.4 Å². The molecular weight excluding hydrogens is 374 g/mol. The summed E-state index contributed by atoms with van der Waals surface area (Å²) in [7, 11) is 0. The minimum Gasteiger partial charge on any atom is -0.477 e. The van der Waals surface area contributed by atoms with E-state index in [0.717, 1.165) is 35.2 Å². The normalized spacial score (nSPS) is 13.7. The van der Waals surface area contributed by atoms with Gasteiger partial charge in [0.15, 0.2) is 5.82 Å². The maximum absolute atomic E-state index is 14.1. The second kappa shape index (κ2) is 8.29. The highest BCUT2D eigenvalue weighted by Gasteiger charge is 2.22. The maximum Gasteiger partial charge on any atom is 0.213 e. The molecule has 0 amide bonds. The molecule has 1 aromatic carbocycles. The molecule has 2 aromatic heterocycles. The van der Waals surface area contributed by atoms with E-state index in [2.05, 4.69) is 15.4 Å². The summed E-state index contributed by atoms with van der Waals surface area (Å²) in [6.45, 7) is 5.75. The van der Waals surface area contributed by atoms with Gasteiger partial charge in [-0.15, -0.1) is 0 Å². The number of ether oxygens (including phenoxy) is 1. The van der Waals surface area contributed by atoms with Gasteiger partial charge in [0.25, 0.3) is 0 Å². The largest absolute Gasteiger partial charge is 0.477 e. The van der Waals surface area contributed by atoms with Crippen molar-refractivity contribution in [2.45, 2.75) is 39.8 Å². The molecule has 0 spiro atoms.